The number of H-pyrrole nitrogens is 1. The number of nitrogens with zero attached hydrogens (tertiary/aromatic N) is 3. The first-order chi connectivity index (χ1) is 14.7. The van der Waals surface area contributed by atoms with E-state index in [2.05, 4.69) is 57.0 Å². The number of imidazole rings is 1. The van der Waals surface area contributed by atoms with E-state index >= 15 is 0 Å². The molecule has 0 radical (unpaired) electrons. The Morgan fingerprint density at radius 1 is 1.17 bits per heavy atom. The number of halogens is 1. The lowest BCUT2D eigenvalue weighted by Crippen LogP contribution is -2.37. The van der Waals surface area contributed by atoms with Crippen molar-refractivity contribution < 1.29 is 9.90 Å². The molecule has 2 N–H and O–H groups in total. The zero-order chi connectivity index (χ0) is 21.3. The zero-order valence-electron chi connectivity index (χ0n) is 17.8. The summed E-state index contributed by atoms with van der Waals surface area (Å²) in [5.74, 6) is 1.04. The van der Waals surface area contributed by atoms with E-state index in [0.717, 1.165) is 43.9 Å². The van der Waals surface area contributed by atoms with Crippen molar-refractivity contribution in [1.29, 1.82) is 0 Å². The first kappa shape index (κ1) is 22.8. The van der Waals surface area contributed by atoms with Gasteiger partial charge >= 0.3 is 0 Å². The largest absolute Gasteiger partial charge is 0.483 e. The van der Waals surface area contributed by atoms with E-state index in [1.54, 1.807) is 0 Å². The maximum Gasteiger partial charge on any atom is 0.290 e. The highest BCUT2D eigenvalue weighted by Crippen LogP contribution is 2.33. The monoisotopic (exact) mass is 432 g/mol. The van der Waals surface area contributed by atoms with Crippen LogP contribution in [0.15, 0.2) is 30.3 Å². The number of benzene rings is 1. The number of aryl methyl sites for hydroxylation is 1. The van der Waals surface area contributed by atoms with Crippen molar-refractivity contribution in [2.45, 2.75) is 64.1 Å². The number of nitrogens with one attached hydrogen (secondary N) is 1. The molecule has 2 aliphatic rings. The van der Waals surface area contributed by atoms with Crippen molar-refractivity contribution in [2.75, 3.05) is 19.6 Å². The number of likely N-dealkylation sites (tertiary alicyclic amines) is 2. The maximum atomic E-state index is 8.36. The van der Waals surface area contributed by atoms with Gasteiger partial charge in [0.05, 0.1) is 5.69 Å². The van der Waals surface area contributed by atoms with Gasteiger partial charge in [0.1, 0.15) is 5.82 Å². The van der Waals surface area contributed by atoms with Gasteiger partial charge in [0.25, 0.3) is 6.47 Å². The quantitative estimate of drug-likeness (QED) is 0.617. The third kappa shape index (κ3) is 5.84. The zero-order valence-corrected chi connectivity index (χ0v) is 18.5. The molecule has 1 aromatic heterocycles. The molecule has 7 heteroatoms. The van der Waals surface area contributed by atoms with E-state index in [9.17, 15) is 0 Å². The van der Waals surface area contributed by atoms with Gasteiger partial charge in [0, 0.05) is 44.7 Å². The molecule has 0 saturated carbocycles. The van der Waals surface area contributed by atoms with Gasteiger partial charge in [-0.3, -0.25) is 14.6 Å². The van der Waals surface area contributed by atoms with Crippen LogP contribution in [0.25, 0.3) is 0 Å². The Morgan fingerprint density at radius 2 is 1.83 bits per heavy atom. The van der Waals surface area contributed by atoms with Crippen LogP contribution in [0.5, 0.6) is 0 Å². The fraction of sp³-hybridized carbons (Fsp3) is 0.565. The lowest BCUT2D eigenvalue weighted by atomic mass is 10.1. The number of hydrogen-bond acceptors (Lipinski definition) is 4. The molecule has 0 amide bonds. The molecule has 30 heavy (non-hydrogen) atoms. The Labute approximate surface area is 184 Å². The van der Waals surface area contributed by atoms with Crippen LogP contribution in [-0.2, 0) is 24.2 Å². The van der Waals surface area contributed by atoms with Crippen molar-refractivity contribution >= 4 is 18.1 Å². The molecule has 2 atom stereocenters. The van der Waals surface area contributed by atoms with Crippen molar-refractivity contribution in [3.05, 3.63) is 52.6 Å². The van der Waals surface area contributed by atoms with E-state index in [1.165, 1.54) is 37.9 Å². The number of carboxylic acid groups (broad SMARTS) is 1. The smallest absolute Gasteiger partial charge is 0.290 e. The van der Waals surface area contributed by atoms with Crippen LogP contribution in [0.1, 0.15) is 49.7 Å². The fourth-order valence-electron chi connectivity index (χ4n) is 4.77. The minimum absolute atomic E-state index is 0.250. The standard InChI is InChI=1S/C22H31ClN4.CH2O2/c1-2-3-9-21-24-18(22(23)25-21)16-27-15-12-19-20(27)11-14-26(19)13-10-17-7-5-4-6-8-17;2-1-3/h4-8,19-20H,2-3,9-16H2,1H3,(H,24,25);1H,(H,2,3)/t19-,20-;/m0./s1. The van der Waals surface area contributed by atoms with Crippen LogP contribution in [-0.4, -0.2) is 63.1 Å². The molecule has 1 aromatic carbocycles. The van der Waals surface area contributed by atoms with Crippen LogP contribution in [0.4, 0.5) is 0 Å². The Kier molecular flexibility index (Phi) is 8.73. The summed E-state index contributed by atoms with van der Waals surface area (Å²) in [7, 11) is 0. The third-order valence-corrected chi connectivity index (χ3v) is 6.56. The normalized spacial score (nSPS) is 21.3. The number of aromatic nitrogens is 2. The highest BCUT2D eigenvalue weighted by atomic mass is 35.5. The third-order valence-electron chi connectivity index (χ3n) is 6.24. The molecule has 0 spiro atoms. The van der Waals surface area contributed by atoms with Gasteiger partial charge in [0.2, 0.25) is 0 Å². The summed E-state index contributed by atoms with van der Waals surface area (Å²) in [6.45, 7) is 6.42. The summed E-state index contributed by atoms with van der Waals surface area (Å²) in [4.78, 5) is 21.7. The molecule has 2 aliphatic heterocycles. The SMILES string of the molecule is CCCCc1nc(Cl)c(CN2CC[C@H]3[C@@H]2CCN3CCc2ccccc2)[nH]1.O=CO. The maximum absolute atomic E-state index is 8.36. The van der Waals surface area contributed by atoms with E-state index < -0.39 is 0 Å². The van der Waals surface area contributed by atoms with Gasteiger partial charge in [-0.05, 0) is 31.2 Å². The van der Waals surface area contributed by atoms with Crippen LogP contribution in [0, 0.1) is 0 Å². The summed E-state index contributed by atoms with van der Waals surface area (Å²) < 4.78 is 0. The highest BCUT2D eigenvalue weighted by Gasteiger charge is 2.42. The summed E-state index contributed by atoms with van der Waals surface area (Å²) in [6, 6.07) is 12.2. The molecular weight excluding hydrogens is 400 g/mol. The van der Waals surface area contributed by atoms with Crippen LogP contribution >= 0.6 is 11.6 Å². The number of aromatic amines is 1. The average molecular weight is 433 g/mol. The molecule has 164 valence electrons. The Hall–Kier alpha value is -1.89. The van der Waals surface area contributed by atoms with Gasteiger partial charge in [-0.1, -0.05) is 55.3 Å². The summed E-state index contributed by atoms with van der Waals surface area (Å²) in [5.41, 5.74) is 2.55. The van der Waals surface area contributed by atoms with E-state index in [-0.39, 0.29) is 6.47 Å². The average Bonchev–Trinajstić information content (AvgIpc) is 3.43. The van der Waals surface area contributed by atoms with Gasteiger partial charge in [-0.15, -0.1) is 0 Å². The van der Waals surface area contributed by atoms with Crippen molar-refractivity contribution in [1.82, 2.24) is 19.8 Å². The Morgan fingerprint density at radius 3 is 2.53 bits per heavy atom. The molecule has 2 aromatic rings. The topological polar surface area (TPSA) is 72.5 Å². The number of fused-ring (bicyclic) bond motifs is 1. The van der Waals surface area contributed by atoms with Crippen molar-refractivity contribution in [3.8, 4) is 0 Å². The molecule has 0 bridgehead atoms. The number of rotatable bonds is 8. The Bertz CT molecular complexity index is 783. The van der Waals surface area contributed by atoms with E-state index in [1.807, 2.05) is 0 Å². The summed E-state index contributed by atoms with van der Waals surface area (Å²) in [5, 5.41) is 7.56. The first-order valence-corrected chi connectivity index (χ1v) is 11.4. The minimum atomic E-state index is -0.250. The van der Waals surface area contributed by atoms with Crippen molar-refractivity contribution in [3.63, 3.8) is 0 Å². The molecule has 4 rings (SSSR count). The predicted molar refractivity (Wildman–Crippen MR) is 120 cm³/mol. The van der Waals surface area contributed by atoms with Gasteiger partial charge < -0.3 is 10.1 Å². The first-order valence-electron chi connectivity index (χ1n) is 11.0. The predicted octanol–water partition coefficient (Wildman–Crippen LogP) is 4.00. The molecule has 0 unspecified atom stereocenters. The molecule has 6 nitrogen and oxygen atoms in total. The molecular formula is C23H33ClN4O2. The van der Waals surface area contributed by atoms with E-state index in [0.29, 0.717) is 17.2 Å². The van der Waals surface area contributed by atoms with Gasteiger partial charge in [-0.2, -0.15) is 0 Å². The van der Waals surface area contributed by atoms with Crippen LogP contribution in [0.3, 0.4) is 0 Å². The van der Waals surface area contributed by atoms with E-state index in [4.69, 9.17) is 21.5 Å². The minimum Gasteiger partial charge on any atom is -0.483 e. The van der Waals surface area contributed by atoms with Crippen molar-refractivity contribution in [2.24, 2.45) is 0 Å². The second-order valence-electron chi connectivity index (χ2n) is 8.12. The summed E-state index contributed by atoms with van der Waals surface area (Å²) >= 11 is 6.41. The Balaban J connectivity index is 0.000000806. The number of unbranched alkanes of at least 4 members (excludes halogenated alkanes) is 1. The lowest BCUT2D eigenvalue weighted by Gasteiger charge is -2.25. The van der Waals surface area contributed by atoms with Gasteiger partial charge in [-0.25, -0.2) is 4.98 Å². The molecule has 0 aliphatic carbocycles. The molecule has 2 saturated heterocycles. The van der Waals surface area contributed by atoms with Crippen LogP contribution < -0.4 is 0 Å². The number of hydrogen-bond donors (Lipinski definition) is 2. The second kappa shape index (κ2) is 11.5. The lowest BCUT2D eigenvalue weighted by molar-refractivity contribution is -0.122. The second-order valence-corrected chi connectivity index (χ2v) is 8.47. The number of carbonyl (C=O) groups is 1. The molecule has 2 fully saturated rings. The molecule has 3 heterocycles. The van der Waals surface area contributed by atoms with Crippen LogP contribution in [0.2, 0.25) is 5.15 Å². The highest BCUT2D eigenvalue weighted by molar-refractivity contribution is 6.30. The van der Waals surface area contributed by atoms with Gasteiger partial charge in [0.15, 0.2) is 5.15 Å². The fourth-order valence-corrected chi connectivity index (χ4v) is 4.97. The summed E-state index contributed by atoms with van der Waals surface area (Å²) in [6.07, 6.45) is 7.03.